The smallest absolute Gasteiger partial charge is 0.138 e. The van der Waals surface area contributed by atoms with Gasteiger partial charge >= 0.3 is 0 Å². The normalized spacial score (nSPS) is 41.0. The van der Waals surface area contributed by atoms with Gasteiger partial charge in [0.15, 0.2) is 0 Å². The summed E-state index contributed by atoms with van der Waals surface area (Å²) >= 11 is 0. The molecule has 1 aromatic rings. The molecule has 7 atom stereocenters. The topological polar surface area (TPSA) is 39.1 Å². The van der Waals surface area contributed by atoms with Crippen LogP contribution < -0.4 is 5.32 Å². The summed E-state index contributed by atoms with van der Waals surface area (Å²) in [4.78, 5) is 2.73. The maximum Gasteiger partial charge on any atom is 0.138 e. The van der Waals surface area contributed by atoms with Crippen LogP contribution >= 0.6 is 0 Å². The molecule has 156 valence electrons. The molecule has 0 radical (unpaired) electrons. The molecule has 4 saturated heterocycles. The molecule has 0 aromatic heterocycles. The first kappa shape index (κ1) is 18.8. The molecule has 7 rings (SSSR count). The number of benzene rings is 1. The summed E-state index contributed by atoms with van der Waals surface area (Å²) in [5.41, 5.74) is 5.49. The van der Waals surface area contributed by atoms with Gasteiger partial charge < -0.3 is 5.32 Å². The van der Waals surface area contributed by atoms with Crippen LogP contribution in [0, 0.1) is 17.2 Å². The van der Waals surface area contributed by atoms with E-state index in [0.29, 0.717) is 30.1 Å². The van der Waals surface area contributed by atoms with Crippen LogP contribution in [-0.4, -0.2) is 41.8 Å². The molecule has 4 heterocycles. The van der Waals surface area contributed by atoms with Gasteiger partial charge in [-0.1, -0.05) is 44.2 Å². The first-order chi connectivity index (χ1) is 14.5. The fourth-order valence-corrected chi connectivity index (χ4v) is 6.90. The summed E-state index contributed by atoms with van der Waals surface area (Å²) in [7, 11) is 0. The van der Waals surface area contributed by atoms with E-state index < -0.39 is 12.1 Å². The van der Waals surface area contributed by atoms with Crippen molar-refractivity contribution < 1.29 is 4.39 Å². The highest BCUT2D eigenvalue weighted by Gasteiger charge is 2.69. The van der Waals surface area contributed by atoms with Crippen LogP contribution in [0.1, 0.15) is 62.1 Å². The van der Waals surface area contributed by atoms with Gasteiger partial charge in [-0.05, 0) is 59.9 Å². The lowest BCUT2D eigenvalue weighted by atomic mass is 9.63. The standard InChI is InChI=1S/C26H30FN3/c1-15(2)29-22-11-24-26(12-23(22)30(24)14-26)20-5-3-4-19(25(20)16-6-7-16)17-8-9-18(13-28)21(27)10-17/h3-5,8-10,15-16,18,21-24,29H,6-7,11-12,14H2,1-2H3/t18?,21?,22-,23?,24-,26?/m1/s1. The zero-order valence-electron chi connectivity index (χ0n) is 17.8. The molecule has 0 amide bonds. The Morgan fingerprint density at radius 1 is 1.30 bits per heavy atom. The van der Waals surface area contributed by atoms with Gasteiger partial charge in [0.2, 0.25) is 0 Å². The first-order valence-electron chi connectivity index (χ1n) is 11.6. The number of nitrogens with zero attached hydrogens (tertiary/aromatic N) is 2. The Labute approximate surface area is 178 Å². The third-order valence-corrected chi connectivity index (χ3v) is 8.24. The number of hydrogen-bond acceptors (Lipinski definition) is 3. The van der Waals surface area contributed by atoms with Gasteiger partial charge in [-0.3, -0.25) is 4.90 Å². The molecule has 1 aromatic carbocycles. The van der Waals surface area contributed by atoms with Crippen molar-refractivity contribution in [3.8, 4) is 6.07 Å². The predicted octanol–water partition coefficient (Wildman–Crippen LogP) is 4.46. The van der Waals surface area contributed by atoms with Crippen molar-refractivity contribution in [2.75, 3.05) is 6.54 Å². The Hall–Kier alpha value is -1.96. The second-order valence-corrected chi connectivity index (χ2v) is 10.4. The predicted molar refractivity (Wildman–Crippen MR) is 117 cm³/mol. The summed E-state index contributed by atoms with van der Waals surface area (Å²) in [6, 6.07) is 11.3. The van der Waals surface area contributed by atoms with E-state index in [2.05, 4.69) is 48.3 Å². The average molecular weight is 404 g/mol. The maximum absolute atomic E-state index is 14.5. The second-order valence-electron chi connectivity index (χ2n) is 10.4. The lowest BCUT2D eigenvalue weighted by Gasteiger charge is -2.49. The van der Waals surface area contributed by atoms with E-state index in [4.69, 9.17) is 5.26 Å². The molecule has 0 spiro atoms. The van der Waals surface area contributed by atoms with E-state index in [1.165, 1.54) is 43.4 Å². The van der Waals surface area contributed by atoms with Crippen LogP contribution in [0.2, 0.25) is 0 Å². The number of nitrogens with one attached hydrogen (secondary N) is 1. The summed E-state index contributed by atoms with van der Waals surface area (Å²) < 4.78 is 14.5. The Bertz CT molecular complexity index is 984. The second kappa shape index (κ2) is 6.52. The third-order valence-electron chi connectivity index (χ3n) is 8.24. The molecule has 1 N–H and O–H groups in total. The molecular weight excluding hydrogens is 373 g/mol. The van der Waals surface area contributed by atoms with Crippen molar-refractivity contribution in [2.24, 2.45) is 5.92 Å². The van der Waals surface area contributed by atoms with E-state index in [9.17, 15) is 4.39 Å². The SMILES string of the molecule is CC(C)N[C@@H]1C[C@H]2N3CC2(c2cccc(C4=CC(F)C(C#N)C=C4)c2C2CC2)CC13. The monoisotopic (exact) mass is 403 g/mol. The molecule has 30 heavy (non-hydrogen) atoms. The van der Waals surface area contributed by atoms with E-state index in [0.717, 1.165) is 5.57 Å². The minimum absolute atomic E-state index is 0.289. The van der Waals surface area contributed by atoms with Crippen molar-refractivity contribution in [1.29, 1.82) is 5.26 Å². The molecule has 4 aliphatic heterocycles. The lowest BCUT2D eigenvalue weighted by Crippen LogP contribution is -2.58. The minimum Gasteiger partial charge on any atom is -0.310 e. The highest BCUT2D eigenvalue weighted by Crippen LogP contribution is 2.62. The molecule has 4 bridgehead atoms. The lowest BCUT2D eigenvalue weighted by molar-refractivity contribution is 0.0859. The maximum atomic E-state index is 14.5. The van der Waals surface area contributed by atoms with Gasteiger partial charge in [0, 0.05) is 36.1 Å². The largest absolute Gasteiger partial charge is 0.310 e. The average Bonchev–Trinajstić information content (AvgIpc) is 3.35. The first-order valence-corrected chi connectivity index (χ1v) is 11.6. The van der Waals surface area contributed by atoms with Crippen molar-refractivity contribution in [3.05, 3.63) is 53.1 Å². The van der Waals surface area contributed by atoms with Crippen LogP contribution in [0.4, 0.5) is 4.39 Å². The van der Waals surface area contributed by atoms with Crippen molar-refractivity contribution in [1.82, 2.24) is 10.2 Å². The molecule has 5 unspecified atom stereocenters. The van der Waals surface area contributed by atoms with Crippen molar-refractivity contribution in [2.45, 2.75) is 81.2 Å². The van der Waals surface area contributed by atoms with Gasteiger partial charge in [-0.15, -0.1) is 0 Å². The molecule has 1 saturated carbocycles. The highest BCUT2D eigenvalue weighted by atomic mass is 19.1. The fourth-order valence-electron chi connectivity index (χ4n) is 6.90. The number of alkyl halides is 1. The van der Waals surface area contributed by atoms with Crippen LogP contribution in [0.25, 0.3) is 5.57 Å². The number of rotatable bonds is 5. The van der Waals surface area contributed by atoms with Gasteiger partial charge in [-0.2, -0.15) is 5.26 Å². The Morgan fingerprint density at radius 3 is 2.77 bits per heavy atom. The number of hydrogen-bond donors (Lipinski definition) is 1. The number of nitriles is 1. The molecule has 4 heteroatoms. The highest BCUT2D eigenvalue weighted by molar-refractivity contribution is 5.79. The Morgan fingerprint density at radius 2 is 2.13 bits per heavy atom. The van der Waals surface area contributed by atoms with E-state index in [1.54, 1.807) is 17.7 Å². The van der Waals surface area contributed by atoms with Crippen LogP contribution in [0.3, 0.4) is 0 Å². The molecule has 5 fully saturated rings. The van der Waals surface area contributed by atoms with Gasteiger partial charge in [0.05, 0.1) is 12.0 Å². The Balaban J connectivity index is 1.37. The van der Waals surface area contributed by atoms with Crippen LogP contribution in [-0.2, 0) is 5.41 Å². The third kappa shape index (κ3) is 2.55. The van der Waals surface area contributed by atoms with E-state index in [-0.39, 0.29) is 5.41 Å². The zero-order chi connectivity index (χ0) is 20.6. The quantitative estimate of drug-likeness (QED) is 0.789. The molecule has 6 aliphatic rings. The van der Waals surface area contributed by atoms with Crippen LogP contribution in [0.5, 0.6) is 0 Å². The summed E-state index contributed by atoms with van der Waals surface area (Å²) in [6.07, 6.45) is 9.16. The fraction of sp³-hybridized carbons (Fsp3) is 0.577. The van der Waals surface area contributed by atoms with E-state index >= 15 is 0 Å². The Kier molecular flexibility index (Phi) is 4.08. The van der Waals surface area contributed by atoms with Crippen LogP contribution in [0.15, 0.2) is 36.4 Å². The molecular formula is C26H30FN3. The number of halogens is 1. The summed E-state index contributed by atoms with van der Waals surface area (Å²) in [5.74, 6) is -0.0413. The summed E-state index contributed by atoms with van der Waals surface area (Å²) in [6.45, 7) is 5.67. The van der Waals surface area contributed by atoms with Crippen molar-refractivity contribution in [3.63, 3.8) is 0 Å². The molecule has 2 aliphatic carbocycles. The molecule has 3 nitrogen and oxygen atoms in total. The van der Waals surface area contributed by atoms with Gasteiger partial charge in [-0.25, -0.2) is 4.39 Å². The zero-order valence-corrected chi connectivity index (χ0v) is 17.8. The summed E-state index contributed by atoms with van der Waals surface area (Å²) in [5, 5.41) is 13.0. The van der Waals surface area contributed by atoms with Crippen molar-refractivity contribution >= 4 is 5.57 Å². The van der Waals surface area contributed by atoms with E-state index in [1.807, 2.05) is 6.08 Å². The van der Waals surface area contributed by atoms with Gasteiger partial charge in [0.25, 0.3) is 0 Å². The van der Waals surface area contributed by atoms with Gasteiger partial charge in [0.1, 0.15) is 6.17 Å². The minimum atomic E-state index is -1.21. The number of allylic oxidation sites excluding steroid dienone is 4.